The maximum atomic E-state index is 11.7. The molecule has 3 atom stereocenters. The molecule has 0 spiro atoms. The van der Waals surface area contributed by atoms with Gasteiger partial charge in [0.2, 0.25) is 0 Å². The molecule has 1 aliphatic heterocycles. The van der Waals surface area contributed by atoms with E-state index < -0.39 is 11.5 Å². The van der Waals surface area contributed by atoms with Gasteiger partial charge >= 0.3 is 5.97 Å². The van der Waals surface area contributed by atoms with Crippen molar-refractivity contribution in [3.05, 3.63) is 0 Å². The van der Waals surface area contributed by atoms with Gasteiger partial charge in [0, 0.05) is 19.1 Å². The lowest BCUT2D eigenvalue weighted by Crippen LogP contribution is -2.53. The highest BCUT2D eigenvalue weighted by atomic mass is 16.4. The van der Waals surface area contributed by atoms with E-state index >= 15 is 0 Å². The van der Waals surface area contributed by atoms with E-state index in [2.05, 4.69) is 24.1 Å². The summed E-state index contributed by atoms with van der Waals surface area (Å²) in [6.07, 6.45) is 5.99. The molecule has 21 heavy (non-hydrogen) atoms. The Kier molecular flexibility index (Phi) is 5.67. The van der Waals surface area contributed by atoms with Crippen LogP contribution in [-0.4, -0.2) is 47.2 Å². The van der Waals surface area contributed by atoms with Crippen LogP contribution in [0.4, 0.5) is 0 Å². The summed E-state index contributed by atoms with van der Waals surface area (Å²) in [5.41, 5.74) is -0.700. The van der Waals surface area contributed by atoms with Gasteiger partial charge in [0.05, 0.1) is 0 Å². The Morgan fingerprint density at radius 1 is 1.29 bits per heavy atom. The van der Waals surface area contributed by atoms with Gasteiger partial charge in [-0.2, -0.15) is 0 Å². The lowest BCUT2D eigenvalue weighted by atomic mass is 9.89. The molecule has 1 heterocycles. The maximum Gasteiger partial charge on any atom is 0.323 e. The fourth-order valence-corrected chi connectivity index (χ4v) is 3.87. The third kappa shape index (κ3) is 4.68. The number of nitrogens with one attached hydrogen (secondary N) is 1. The molecule has 1 saturated carbocycles. The molecule has 2 N–H and O–H groups in total. The number of hydrogen-bond donors (Lipinski definition) is 2. The van der Waals surface area contributed by atoms with Gasteiger partial charge in [0.15, 0.2) is 0 Å². The van der Waals surface area contributed by atoms with E-state index in [-0.39, 0.29) is 0 Å². The van der Waals surface area contributed by atoms with Crippen LogP contribution in [0.25, 0.3) is 0 Å². The molecule has 2 fully saturated rings. The van der Waals surface area contributed by atoms with Gasteiger partial charge in [-0.25, -0.2) is 0 Å². The third-order valence-electron chi connectivity index (χ3n) is 5.09. The molecule has 1 saturated heterocycles. The Bertz CT molecular complexity index is 347. The van der Waals surface area contributed by atoms with Crippen molar-refractivity contribution < 1.29 is 9.90 Å². The van der Waals surface area contributed by atoms with Gasteiger partial charge in [-0.1, -0.05) is 20.8 Å². The zero-order valence-electron chi connectivity index (χ0n) is 13.9. The Morgan fingerprint density at radius 3 is 2.38 bits per heavy atom. The summed E-state index contributed by atoms with van der Waals surface area (Å²) in [4.78, 5) is 14.3. The number of rotatable bonds is 8. The van der Waals surface area contributed by atoms with E-state index in [1.807, 2.05) is 6.92 Å². The summed E-state index contributed by atoms with van der Waals surface area (Å²) >= 11 is 0. The quantitative estimate of drug-likeness (QED) is 0.723. The predicted octanol–water partition coefficient (Wildman–Crippen LogP) is 2.73. The second-order valence-electron chi connectivity index (χ2n) is 7.47. The highest BCUT2D eigenvalue weighted by molar-refractivity contribution is 5.78. The van der Waals surface area contributed by atoms with Crippen molar-refractivity contribution in [2.45, 2.75) is 70.9 Å². The van der Waals surface area contributed by atoms with E-state index in [1.54, 1.807) is 0 Å². The van der Waals surface area contributed by atoms with E-state index in [1.165, 1.54) is 19.5 Å². The highest BCUT2D eigenvalue weighted by Crippen LogP contribution is 2.28. The number of carboxylic acid groups (broad SMARTS) is 1. The number of hydrogen-bond acceptors (Lipinski definition) is 3. The van der Waals surface area contributed by atoms with Crippen LogP contribution in [0.1, 0.15) is 59.3 Å². The molecule has 122 valence electrons. The molecule has 4 nitrogen and oxygen atoms in total. The minimum Gasteiger partial charge on any atom is -0.480 e. The van der Waals surface area contributed by atoms with Crippen molar-refractivity contribution in [3.8, 4) is 0 Å². The third-order valence-corrected chi connectivity index (χ3v) is 5.09. The van der Waals surface area contributed by atoms with Crippen LogP contribution in [0.2, 0.25) is 0 Å². The molecule has 1 aliphatic carbocycles. The molecule has 4 heteroatoms. The number of carboxylic acids is 1. The second-order valence-corrected chi connectivity index (χ2v) is 7.47. The molecule has 0 aromatic heterocycles. The zero-order chi connectivity index (χ0) is 15.5. The largest absolute Gasteiger partial charge is 0.480 e. The lowest BCUT2D eigenvalue weighted by molar-refractivity contribution is -0.145. The number of piperidine rings is 1. The molecule has 3 unspecified atom stereocenters. The minimum absolute atomic E-state index is 0.441. The first-order valence-electron chi connectivity index (χ1n) is 8.68. The Labute approximate surface area is 129 Å². The summed E-state index contributed by atoms with van der Waals surface area (Å²) in [5.74, 6) is 0.875. The lowest BCUT2D eigenvalue weighted by Gasteiger charge is -2.36. The van der Waals surface area contributed by atoms with Gasteiger partial charge in [-0.05, 0) is 56.9 Å². The topological polar surface area (TPSA) is 52.6 Å². The molecular formula is C17H32N2O2. The summed E-state index contributed by atoms with van der Waals surface area (Å²) < 4.78 is 0. The van der Waals surface area contributed by atoms with Crippen LogP contribution in [0.15, 0.2) is 0 Å². The SMILES string of the molecule is CCC(CCCN1CC(C)CC(C)C1)(NC1CC1)C(=O)O. The predicted molar refractivity (Wildman–Crippen MR) is 85.4 cm³/mol. The Balaban J connectivity index is 1.82. The smallest absolute Gasteiger partial charge is 0.323 e. The fourth-order valence-electron chi connectivity index (χ4n) is 3.87. The minimum atomic E-state index is -0.700. The first kappa shape index (κ1) is 16.8. The second kappa shape index (κ2) is 7.10. The van der Waals surface area contributed by atoms with Crippen molar-refractivity contribution in [2.24, 2.45) is 11.8 Å². The maximum absolute atomic E-state index is 11.7. The Morgan fingerprint density at radius 2 is 1.90 bits per heavy atom. The van der Waals surface area contributed by atoms with Gasteiger partial charge in [0.25, 0.3) is 0 Å². The monoisotopic (exact) mass is 296 g/mol. The van der Waals surface area contributed by atoms with Gasteiger partial charge in [-0.15, -0.1) is 0 Å². The van der Waals surface area contributed by atoms with Crippen LogP contribution in [-0.2, 0) is 4.79 Å². The number of aliphatic carboxylic acids is 1. The summed E-state index contributed by atoms with van der Waals surface area (Å²) in [6.45, 7) is 10.0. The van der Waals surface area contributed by atoms with Crippen LogP contribution < -0.4 is 5.32 Å². The van der Waals surface area contributed by atoms with Gasteiger partial charge < -0.3 is 10.0 Å². The van der Waals surface area contributed by atoms with Crippen LogP contribution >= 0.6 is 0 Å². The molecule has 0 radical (unpaired) electrons. The first-order chi connectivity index (χ1) is 9.95. The standard InChI is InChI=1S/C17H32N2O2/c1-4-17(16(20)21,18-15-6-7-15)8-5-9-19-11-13(2)10-14(3)12-19/h13-15,18H,4-12H2,1-3H3,(H,20,21). The first-order valence-corrected chi connectivity index (χ1v) is 8.68. The number of nitrogens with zero attached hydrogens (tertiary/aromatic N) is 1. The number of likely N-dealkylation sites (tertiary alicyclic amines) is 1. The Hall–Kier alpha value is -0.610. The fraction of sp³-hybridized carbons (Fsp3) is 0.941. The summed E-state index contributed by atoms with van der Waals surface area (Å²) in [5, 5.41) is 13.0. The van der Waals surface area contributed by atoms with Crippen molar-refractivity contribution >= 4 is 5.97 Å². The van der Waals surface area contributed by atoms with Gasteiger partial charge in [-0.3, -0.25) is 10.1 Å². The molecule has 0 aromatic carbocycles. The van der Waals surface area contributed by atoms with Crippen LogP contribution in [0.5, 0.6) is 0 Å². The normalized spacial score (nSPS) is 30.0. The van der Waals surface area contributed by atoms with E-state index in [4.69, 9.17) is 0 Å². The van der Waals surface area contributed by atoms with Crippen molar-refractivity contribution in [3.63, 3.8) is 0 Å². The molecule has 2 rings (SSSR count). The average Bonchev–Trinajstić information content (AvgIpc) is 3.20. The molecule has 0 aromatic rings. The summed E-state index contributed by atoms with van der Waals surface area (Å²) in [6, 6.07) is 0.441. The van der Waals surface area contributed by atoms with Crippen molar-refractivity contribution in [2.75, 3.05) is 19.6 Å². The highest BCUT2D eigenvalue weighted by Gasteiger charge is 2.40. The molecule has 2 aliphatic rings. The van der Waals surface area contributed by atoms with E-state index in [0.29, 0.717) is 12.5 Å². The average molecular weight is 296 g/mol. The van der Waals surface area contributed by atoms with Crippen LogP contribution in [0, 0.1) is 11.8 Å². The van der Waals surface area contributed by atoms with Crippen LogP contribution in [0.3, 0.4) is 0 Å². The zero-order valence-corrected chi connectivity index (χ0v) is 13.9. The van der Waals surface area contributed by atoms with Crippen molar-refractivity contribution in [1.29, 1.82) is 0 Å². The number of carbonyl (C=O) groups is 1. The van der Waals surface area contributed by atoms with Gasteiger partial charge in [0.1, 0.15) is 5.54 Å². The molecule has 0 amide bonds. The molecular weight excluding hydrogens is 264 g/mol. The van der Waals surface area contributed by atoms with E-state index in [0.717, 1.165) is 44.1 Å². The summed E-state index contributed by atoms with van der Waals surface area (Å²) in [7, 11) is 0. The van der Waals surface area contributed by atoms with Crippen molar-refractivity contribution in [1.82, 2.24) is 10.2 Å². The molecule has 0 bridgehead atoms. The van der Waals surface area contributed by atoms with E-state index in [9.17, 15) is 9.90 Å².